The van der Waals surface area contributed by atoms with Gasteiger partial charge in [-0.15, -0.1) is 0 Å². The highest BCUT2D eigenvalue weighted by molar-refractivity contribution is 5.75. The minimum Gasteiger partial charge on any atom is -0.463 e. The zero-order valence-electron chi connectivity index (χ0n) is 6.62. The molecule has 0 aromatic rings. The van der Waals surface area contributed by atoms with Gasteiger partial charge < -0.3 is 9.47 Å². The first-order chi connectivity index (χ1) is 5.22. The molecule has 0 aliphatic carbocycles. The van der Waals surface area contributed by atoms with Crippen LogP contribution in [0.5, 0.6) is 0 Å². The van der Waals surface area contributed by atoms with Gasteiger partial charge in [-0.25, -0.2) is 9.59 Å². The standard InChI is InChI=1S/C7H11O4/c1-3-4-10-7(9)6(2)11-5-8/h6H,3-4H2,1-2H3. The van der Waals surface area contributed by atoms with Gasteiger partial charge in [-0.05, 0) is 13.3 Å². The predicted molar refractivity (Wildman–Crippen MR) is 37.5 cm³/mol. The van der Waals surface area contributed by atoms with Gasteiger partial charge in [0.1, 0.15) is 0 Å². The second kappa shape index (κ2) is 5.70. The molecule has 0 aliphatic rings. The van der Waals surface area contributed by atoms with E-state index in [0.717, 1.165) is 6.42 Å². The topological polar surface area (TPSA) is 52.6 Å². The van der Waals surface area contributed by atoms with Gasteiger partial charge in [-0.3, -0.25) is 0 Å². The van der Waals surface area contributed by atoms with Crippen LogP contribution in [0.1, 0.15) is 20.3 Å². The highest BCUT2D eigenvalue weighted by Crippen LogP contribution is 1.92. The van der Waals surface area contributed by atoms with Crippen LogP contribution in [0.25, 0.3) is 0 Å². The summed E-state index contributed by atoms with van der Waals surface area (Å²) in [5, 5.41) is 0. The molecule has 0 saturated carbocycles. The fourth-order valence-electron chi connectivity index (χ4n) is 0.440. The second-order valence-corrected chi connectivity index (χ2v) is 2.01. The smallest absolute Gasteiger partial charge is 0.418 e. The zero-order valence-corrected chi connectivity index (χ0v) is 6.62. The van der Waals surface area contributed by atoms with Crippen molar-refractivity contribution >= 4 is 12.4 Å². The molecule has 0 fully saturated rings. The first-order valence-electron chi connectivity index (χ1n) is 3.41. The van der Waals surface area contributed by atoms with Crippen molar-refractivity contribution in [3.05, 3.63) is 0 Å². The summed E-state index contributed by atoms with van der Waals surface area (Å²) >= 11 is 0. The van der Waals surface area contributed by atoms with Crippen molar-refractivity contribution in [1.82, 2.24) is 0 Å². The molecular formula is C7H11O4. The molecule has 0 saturated heterocycles. The molecule has 1 unspecified atom stereocenters. The number of rotatable bonds is 5. The molecule has 63 valence electrons. The van der Waals surface area contributed by atoms with Crippen molar-refractivity contribution < 1.29 is 19.1 Å². The Morgan fingerprint density at radius 1 is 1.64 bits per heavy atom. The molecule has 4 heteroatoms. The minimum absolute atomic E-state index is 0.353. The summed E-state index contributed by atoms with van der Waals surface area (Å²) in [6, 6.07) is 0. The lowest BCUT2D eigenvalue weighted by Gasteiger charge is -2.07. The molecule has 11 heavy (non-hydrogen) atoms. The van der Waals surface area contributed by atoms with Crippen LogP contribution in [0.3, 0.4) is 0 Å². The van der Waals surface area contributed by atoms with Crippen LogP contribution >= 0.6 is 0 Å². The Hall–Kier alpha value is -1.06. The summed E-state index contributed by atoms with van der Waals surface area (Å²) in [7, 11) is 0. The molecule has 0 heterocycles. The minimum atomic E-state index is -0.848. The Bertz CT molecular complexity index is 132. The average molecular weight is 159 g/mol. The number of hydrogen-bond donors (Lipinski definition) is 0. The predicted octanol–water partition coefficient (Wildman–Crippen LogP) is 0.412. The van der Waals surface area contributed by atoms with Crippen molar-refractivity contribution in [3.8, 4) is 0 Å². The fourth-order valence-corrected chi connectivity index (χ4v) is 0.440. The zero-order chi connectivity index (χ0) is 8.69. The quantitative estimate of drug-likeness (QED) is 0.545. The highest BCUT2D eigenvalue weighted by atomic mass is 16.6. The second-order valence-electron chi connectivity index (χ2n) is 2.01. The molecule has 0 N–H and O–H groups in total. The molecule has 1 radical (unpaired) electrons. The number of esters is 1. The van der Waals surface area contributed by atoms with Crippen molar-refractivity contribution in [2.45, 2.75) is 26.4 Å². The third-order valence-corrected chi connectivity index (χ3v) is 1.01. The van der Waals surface area contributed by atoms with Gasteiger partial charge in [-0.2, -0.15) is 0 Å². The van der Waals surface area contributed by atoms with Crippen molar-refractivity contribution in [3.63, 3.8) is 0 Å². The van der Waals surface area contributed by atoms with Gasteiger partial charge in [0.15, 0.2) is 6.10 Å². The lowest BCUT2D eigenvalue weighted by Crippen LogP contribution is -2.23. The Balaban J connectivity index is 3.54. The molecule has 4 nitrogen and oxygen atoms in total. The van der Waals surface area contributed by atoms with Crippen molar-refractivity contribution in [2.24, 2.45) is 0 Å². The van der Waals surface area contributed by atoms with E-state index in [4.69, 9.17) is 0 Å². The van der Waals surface area contributed by atoms with E-state index in [0.29, 0.717) is 6.61 Å². The third kappa shape index (κ3) is 4.36. The first-order valence-corrected chi connectivity index (χ1v) is 3.41. The van der Waals surface area contributed by atoms with Gasteiger partial charge in [0.25, 0.3) is 0 Å². The maximum atomic E-state index is 10.8. The molecule has 0 aromatic heterocycles. The van der Waals surface area contributed by atoms with E-state index in [2.05, 4.69) is 9.47 Å². The van der Waals surface area contributed by atoms with E-state index in [1.807, 2.05) is 6.92 Å². The summed E-state index contributed by atoms with van der Waals surface area (Å²) in [4.78, 5) is 20.4. The molecule has 0 rings (SSSR count). The average Bonchev–Trinajstić information content (AvgIpc) is 2.00. The number of hydrogen-bond acceptors (Lipinski definition) is 4. The number of ether oxygens (including phenoxy) is 2. The third-order valence-electron chi connectivity index (χ3n) is 1.01. The summed E-state index contributed by atoms with van der Waals surface area (Å²) in [6.45, 7) is 4.84. The maximum Gasteiger partial charge on any atom is 0.418 e. The SMILES string of the molecule is CCCOC(=O)C(C)O[C]=O. The van der Waals surface area contributed by atoms with Crippen LogP contribution in [-0.2, 0) is 19.1 Å². The van der Waals surface area contributed by atoms with Crippen LogP contribution in [0.15, 0.2) is 0 Å². The van der Waals surface area contributed by atoms with Crippen molar-refractivity contribution in [2.75, 3.05) is 6.61 Å². The van der Waals surface area contributed by atoms with Crippen molar-refractivity contribution in [1.29, 1.82) is 0 Å². The van der Waals surface area contributed by atoms with Gasteiger partial charge in [0, 0.05) is 0 Å². The lowest BCUT2D eigenvalue weighted by molar-refractivity contribution is -0.151. The van der Waals surface area contributed by atoms with Gasteiger partial charge in [0.05, 0.1) is 6.61 Å². The molecule has 0 bridgehead atoms. The van der Waals surface area contributed by atoms with Crippen LogP contribution in [0, 0.1) is 0 Å². The summed E-state index contributed by atoms with van der Waals surface area (Å²) < 4.78 is 8.88. The normalized spacial score (nSPS) is 11.8. The molecule has 0 aromatic carbocycles. The molecule has 0 aliphatic heterocycles. The van der Waals surface area contributed by atoms with Crippen LogP contribution in [0.4, 0.5) is 0 Å². The van der Waals surface area contributed by atoms with Crippen LogP contribution < -0.4 is 0 Å². The lowest BCUT2D eigenvalue weighted by atomic mass is 10.4. The Kier molecular flexibility index (Phi) is 5.15. The Labute approximate surface area is 65.5 Å². The van der Waals surface area contributed by atoms with Crippen LogP contribution in [-0.4, -0.2) is 25.2 Å². The van der Waals surface area contributed by atoms with Crippen LogP contribution in [0.2, 0.25) is 0 Å². The Morgan fingerprint density at radius 3 is 2.73 bits per heavy atom. The Morgan fingerprint density at radius 2 is 2.27 bits per heavy atom. The monoisotopic (exact) mass is 159 g/mol. The van der Waals surface area contributed by atoms with E-state index in [9.17, 15) is 9.59 Å². The van der Waals surface area contributed by atoms with E-state index < -0.39 is 12.1 Å². The van der Waals surface area contributed by atoms with E-state index in [-0.39, 0.29) is 0 Å². The molecule has 0 spiro atoms. The molecule has 1 atom stereocenters. The first kappa shape index (κ1) is 9.94. The summed E-state index contributed by atoms with van der Waals surface area (Å²) in [6.07, 6.45) is -0.0949. The van der Waals surface area contributed by atoms with Gasteiger partial charge >= 0.3 is 12.4 Å². The van der Waals surface area contributed by atoms with E-state index in [1.54, 1.807) is 0 Å². The largest absolute Gasteiger partial charge is 0.463 e. The van der Waals surface area contributed by atoms with E-state index >= 15 is 0 Å². The maximum absolute atomic E-state index is 10.8. The fraction of sp³-hybridized carbons (Fsp3) is 0.714. The summed E-state index contributed by atoms with van der Waals surface area (Å²) in [5.41, 5.74) is 0. The van der Waals surface area contributed by atoms with Gasteiger partial charge in [0.2, 0.25) is 0 Å². The highest BCUT2D eigenvalue weighted by Gasteiger charge is 2.14. The molecule has 0 amide bonds. The number of carbonyl (C=O) groups excluding carboxylic acids is 2. The number of carbonyl (C=O) groups is 1. The molecular weight excluding hydrogens is 148 g/mol. The summed E-state index contributed by atoms with van der Waals surface area (Å²) in [5.74, 6) is -0.532. The van der Waals surface area contributed by atoms with E-state index in [1.165, 1.54) is 13.4 Å². The van der Waals surface area contributed by atoms with Gasteiger partial charge in [-0.1, -0.05) is 6.92 Å².